The second kappa shape index (κ2) is 6.24. The summed E-state index contributed by atoms with van der Waals surface area (Å²) in [6.07, 6.45) is 0. The fourth-order valence-corrected chi connectivity index (χ4v) is 3.11. The van der Waals surface area contributed by atoms with Crippen molar-refractivity contribution in [2.24, 2.45) is 0 Å². The highest BCUT2D eigenvalue weighted by Crippen LogP contribution is 2.20. The monoisotopic (exact) mass is 368 g/mol. The molecule has 1 N–H and O–H groups in total. The molecule has 0 spiro atoms. The molecule has 4 nitrogen and oxygen atoms in total. The van der Waals surface area contributed by atoms with Gasteiger partial charge in [-0.05, 0) is 51.8 Å². The molecule has 0 aromatic heterocycles. The first-order valence-corrected chi connectivity index (χ1v) is 8.29. The molecule has 0 aliphatic heterocycles. The number of hydrogen-bond donors (Lipinski definition) is 1. The molecule has 0 unspecified atom stereocenters. The van der Waals surface area contributed by atoms with Crippen molar-refractivity contribution in [2.75, 3.05) is 4.72 Å². The van der Waals surface area contributed by atoms with Crippen LogP contribution in [0.5, 0.6) is 0 Å². The van der Waals surface area contributed by atoms with Gasteiger partial charge in [0.05, 0.1) is 27.5 Å². The number of sulfonamides is 1. The van der Waals surface area contributed by atoms with E-state index in [0.717, 1.165) is 6.07 Å². The summed E-state index contributed by atoms with van der Waals surface area (Å²) in [5.74, 6) is -0.801. The zero-order chi connectivity index (χ0) is 15.5. The maximum absolute atomic E-state index is 13.4. The van der Waals surface area contributed by atoms with Gasteiger partial charge < -0.3 is 0 Å². The van der Waals surface area contributed by atoms with Gasteiger partial charge in [-0.15, -0.1) is 0 Å². The Morgan fingerprint density at radius 2 is 1.86 bits per heavy atom. The van der Waals surface area contributed by atoms with Crippen LogP contribution in [-0.4, -0.2) is 8.42 Å². The predicted molar refractivity (Wildman–Crippen MR) is 81.5 cm³/mol. The molecular formula is C14H10BrFN2O2S. The topological polar surface area (TPSA) is 70.0 Å². The van der Waals surface area contributed by atoms with Crippen LogP contribution in [0.15, 0.2) is 46.9 Å². The molecule has 0 amide bonds. The number of nitrogens with one attached hydrogen (secondary N) is 1. The number of nitrogens with zero attached hydrogens (tertiary/aromatic N) is 1. The number of anilines is 1. The minimum Gasteiger partial charge on any atom is -0.283 e. The van der Waals surface area contributed by atoms with Crippen LogP contribution in [0.3, 0.4) is 0 Å². The molecule has 2 rings (SSSR count). The minimum atomic E-state index is -3.65. The van der Waals surface area contributed by atoms with E-state index in [4.69, 9.17) is 5.26 Å². The molecule has 0 radical (unpaired) electrons. The lowest BCUT2D eigenvalue weighted by molar-refractivity contribution is 0.600. The smallest absolute Gasteiger partial charge is 0.236 e. The molecule has 2 aromatic carbocycles. The Bertz CT molecular complexity index is 799. The number of nitriles is 1. The summed E-state index contributed by atoms with van der Waals surface area (Å²) in [6.45, 7) is 0. The molecule has 0 aliphatic carbocycles. The lowest BCUT2D eigenvalue weighted by atomic mass is 10.2. The SMILES string of the molecule is N#Cc1ccc(CS(=O)(=O)Nc2ccc(Br)c(F)c2)cc1. The highest BCUT2D eigenvalue weighted by Gasteiger charge is 2.13. The van der Waals surface area contributed by atoms with Crippen LogP contribution in [0, 0.1) is 17.1 Å². The van der Waals surface area contributed by atoms with Crippen LogP contribution < -0.4 is 4.72 Å². The van der Waals surface area contributed by atoms with Crippen LogP contribution >= 0.6 is 15.9 Å². The third-order valence-electron chi connectivity index (χ3n) is 2.63. The molecular weight excluding hydrogens is 359 g/mol. The summed E-state index contributed by atoms with van der Waals surface area (Å²) in [7, 11) is -3.65. The molecule has 0 fully saturated rings. The average molecular weight is 369 g/mol. The van der Waals surface area contributed by atoms with E-state index < -0.39 is 15.8 Å². The third-order valence-corrected chi connectivity index (χ3v) is 4.54. The van der Waals surface area contributed by atoms with Gasteiger partial charge in [0, 0.05) is 0 Å². The number of hydrogen-bond acceptors (Lipinski definition) is 3. The van der Waals surface area contributed by atoms with E-state index in [1.807, 2.05) is 6.07 Å². The van der Waals surface area contributed by atoms with Gasteiger partial charge in [0.1, 0.15) is 5.82 Å². The van der Waals surface area contributed by atoms with Crippen molar-refractivity contribution in [1.29, 1.82) is 5.26 Å². The summed E-state index contributed by atoms with van der Waals surface area (Å²) in [5.41, 5.74) is 1.16. The van der Waals surface area contributed by atoms with Gasteiger partial charge >= 0.3 is 0 Å². The van der Waals surface area contributed by atoms with Crippen molar-refractivity contribution in [2.45, 2.75) is 5.75 Å². The fraction of sp³-hybridized carbons (Fsp3) is 0.0714. The zero-order valence-corrected chi connectivity index (χ0v) is 13.1. The number of rotatable bonds is 4. The van der Waals surface area contributed by atoms with Crippen molar-refractivity contribution >= 4 is 31.6 Å². The van der Waals surface area contributed by atoms with Crippen molar-refractivity contribution in [3.63, 3.8) is 0 Å². The summed E-state index contributed by atoms with van der Waals surface area (Å²) in [5, 5.41) is 8.68. The molecule has 2 aromatic rings. The Kier molecular flexibility index (Phi) is 4.60. The fourth-order valence-electron chi connectivity index (χ4n) is 1.67. The molecule has 0 bridgehead atoms. The molecule has 0 heterocycles. The van der Waals surface area contributed by atoms with Crippen molar-refractivity contribution < 1.29 is 12.8 Å². The Labute approximate surface area is 130 Å². The molecule has 0 saturated carbocycles. The van der Waals surface area contributed by atoms with Crippen molar-refractivity contribution in [3.05, 3.63) is 63.9 Å². The third kappa shape index (κ3) is 4.28. The molecule has 108 valence electrons. The van der Waals surface area contributed by atoms with E-state index in [9.17, 15) is 12.8 Å². The van der Waals surface area contributed by atoms with Crippen molar-refractivity contribution in [1.82, 2.24) is 0 Å². The first kappa shape index (κ1) is 15.5. The first-order chi connectivity index (χ1) is 9.89. The van der Waals surface area contributed by atoms with Gasteiger partial charge in [-0.1, -0.05) is 12.1 Å². The molecule has 0 saturated heterocycles. The van der Waals surface area contributed by atoms with Crippen molar-refractivity contribution in [3.8, 4) is 6.07 Å². The largest absolute Gasteiger partial charge is 0.283 e. The lowest BCUT2D eigenvalue weighted by Gasteiger charge is -2.08. The maximum atomic E-state index is 13.4. The second-order valence-corrected chi connectivity index (χ2v) is 6.88. The van der Waals surface area contributed by atoms with Gasteiger partial charge in [-0.3, -0.25) is 4.72 Å². The van der Waals surface area contributed by atoms with E-state index in [0.29, 0.717) is 11.1 Å². The number of halogens is 2. The van der Waals surface area contributed by atoms with E-state index in [2.05, 4.69) is 20.7 Å². The highest BCUT2D eigenvalue weighted by molar-refractivity contribution is 9.10. The van der Waals surface area contributed by atoms with Gasteiger partial charge in [0.15, 0.2) is 0 Å². The Hall–Kier alpha value is -1.91. The Morgan fingerprint density at radius 1 is 1.19 bits per heavy atom. The van der Waals surface area contributed by atoms with Gasteiger partial charge in [0.25, 0.3) is 0 Å². The standard InChI is InChI=1S/C14H10BrFN2O2S/c15-13-6-5-12(7-14(13)16)18-21(19,20)9-11-3-1-10(8-17)2-4-11/h1-7,18H,9H2. The first-order valence-electron chi connectivity index (χ1n) is 5.84. The average Bonchev–Trinajstić information content (AvgIpc) is 2.43. The van der Waals surface area contributed by atoms with E-state index in [1.165, 1.54) is 12.1 Å². The van der Waals surface area contributed by atoms with Crippen LogP contribution in [0.1, 0.15) is 11.1 Å². The second-order valence-electron chi connectivity index (χ2n) is 4.30. The Morgan fingerprint density at radius 3 is 2.43 bits per heavy atom. The lowest BCUT2D eigenvalue weighted by Crippen LogP contribution is -2.15. The summed E-state index contributed by atoms with van der Waals surface area (Å²) >= 11 is 3.00. The molecule has 21 heavy (non-hydrogen) atoms. The molecule has 7 heteroatoms. The molecule has 0 atom stereocenters. The van der Waals surface area contributed by atoms with Crippen LogP contribution in [-0.2, 0) is 15.8 Å². The maximum Gasteiger partial charge on any atom is 0.236 e. The van der Waals surface area contributed by atoms with E-state index in [1.54, 1.807) is 24.3 Å². The summed E-state index contributed by atoms with van der Waals surface area (Å²) in [4.78, 5) is 0. The zero-order valence-electron chi connectivity index (χ0n) is 10.7. The van der Waals surface area contributed by atoms with Crippen LogP contribution in [0.4, 0.5) is 10.1 Å². The quantitative estimate of drug-likeness (QED) is 0.898. The Balaban J connectivity index is 2.14. The van der Waals surface area contributed by atoms with Gasteiger partial charge in [-0.25, -0.2) is 12.8 Å². The molecule has 0 aliphatic rings. The summed E-state index contributed by atoms with van der Waals surface area (Å²) in [6, 6.07) is 12.2. The highest BCUT2D eigenvalue weighted by atomic mass is 79.9. The van der Waals surface area contributed by atoms with Gasteiger partial charge in [-0.2, -0.15) is 5.26 Å². The number of benzene rings is 2. The van der Waals surface area contributed by atoms with E-state index >= 15 is 0 Å². The normalized spacial score (nSPS) is 10.9. The predicted octanol–water partition coefficient (Wildman–Crippen LogP) is 3.40. The van der Waals surface area contributed by atoms with E-state index in [-0.39, 0.29) is 15.9 Å². The summed E-state index contributed by atoms with van der Waals surface area (Å²) < 4.78 is 39.9. The van der Waals surface area contributed by atoms with Crippen LogP contribution in [0.2, 0.25) is 0 Å². The van der Waals surface area contributed by atoms with Crippen LogP contribution in [0.25, 0.3) is 0 Å². The van der Waals surface area contributed by atoms with Gasteiger partial charge in [0.2, 0.25) is 10.0 Å². The minimum absolute atomic E-state index is 0.157.